The molecule has 3 fully saturated rings. The molecule has 0 radical (unpaired) electrons. The molecule has 0 spiro atoms. The van der Waals surface area contributed by atoms with Crippen LogP contribution in [-0.2, 0) is 4.74 Å². The van der Waals surface area contributed by atoms with E-state index in [1.54, 1.807) is 12.1 Å². The van der Waals surface area contributed by atoms with Crippen molar-refractivity contribution >= 4 is 11.7 Å². The third kappa shape index (κ3) is 8.80. The number of hydrogen-bond acceptors (Lipinski definition) is 5. The summed E-state index contributed by atoms with van der Waals surface area (Å²) in [5.74, 6) is 4.54. The Morgan fingerprint density at radius 2 is 1.66 bits per heavy atom. The van der Waals surface area contributed by atoms with Gasteiger partial charge in [0.1, 0.15) is 6.10 Å². The predicted molar refractivity (Wildman–Crippen MR) is 203 cm³/mol. The van der Waals surface area contributed by atoms with E-state index in [4.69, 9.17) is 9.47 Å². The van der Waals surface area contributed by atoms with Crippen LogP contribution in [0.25, 0.3) is 0 Å². The van der Waals surface area contributed by atoms with Crippen LogP contribution in [0.1, 0.15) is 174 Å². The largest absolute Gasteiger partial charge is 0.487 e. The summed E-state index contributed by atoms with van der Waals surface area (Å²) in [4.78, 5) is 24.8. The number of unbranched alkanes of at least 4 members (excludes halogenated alkanes) is 7. The van der Waals surface area contributed by atoms with Crippen molar-refractivity contribution in [1.82, 2.24) is 0 Å². The van der Waals surface area contributed by atoms with Crippen molar-refractivity contribution in [2.45, 2.75) is 170 Å². The molecule has 280 valence electrons. The second kappa shape index (κ2) is 17.4. The van der Waals surface area contributed by atoms with E-state index in [0.717, 1.165) is 74.5 Å². The van der Waals surface area contributed by atoms with Crippen LogP contribution in [0.5, 0.6) is 5.75 Å². The molecular formula is C44H69NO5. The number of hydrogen-bond donors (Lipinski definition) is 0. The fourth-order valence-corrected chi connectivity index (χ4v) is 11.3. The van der Waals surface area contributed by atoms with E-state index in [9.17, 15) is 14.9 Å². The van der Waals surface area contributed by atoms with E-state index in [0.29, 0.717) is 17.9 Å². The van der Waals surface area contributed by atoms with Crippen LogP contribution in [0.4, 0.5) is 5.69 Å². The van der Waals surface area contributed by atoms with Gasteiger partial charge in [-0.15, -0.1) is 0 Å². The smallest absolute Gasteiger partial charge is 0.338 e. The van der Waals surface area contributed by atoms with Gasteiger partial charge >= 0.3 is 11.7 Å². The highest BCUT2D eigenvalue weighted by Crippen LogP contribution is 2.67. The van der Waals surface area contributed by atoms with Gasteiger partial charge in [-0.25, -0.2) is 4.79 Å². The zero-order valence-corrected chi connectivity index (χ0v) is 32.5. The lowest BCUT2D eigenvalue weighted by Crippen LogP contribution is -2.51. The molecular weight excluding hydrogens is 622 g/mol. The summed E-state index contributed by atoms with van der Waals surface area (Å²) >= 11 is 0. The normalized spacial score (nSPS) is 30.9. The second-order valence-electron chi connectivity index (χ2n) is 17.8. The number of nitro groups is 1. The van der Waals surface area contributed by atoms with Gasteiger partial charge in [-0.3, -0.25) is 10.1 Å². The Morgan fingerprint density at radius 1 is 0.920 bits per heavy atom. The van der Waals surface area contributed by atoms with E-state index in [1.165, 1.54) is 88.7 Å². The minimum absolute atomic E-state index is 0.167. The van der Waals surface area contributed by atoms with Crippen molar-refractivity contribution in [2.24, 2.45) is 46.3 Å². The van der Waals surface area contributed by atoms with Crippen molar-refractivity contribution in [3.05, 3.63) is 45.5 Å². The summed E-state index contributed by atoms with van der Waals surface area (Å²) < 4.78 is 11.9. The number of carbonyl (C=O) groups is 1. The molecule has 5 rings (SSSR count). The van der Waals surface area contributed by atoms with Crippen molar-refractivity contribution in [1.29, 1.82) is 0 Å². The Balaban J connectivity index is 1.14. The molecule has 6 heteroatoms. The van der Waals surface area contributed by atoms with Gasteiger partial charge in [-0.1, -0.05) is 117 Å². The molecule has 0 bridgehead atoms. The number of esters is 1. The van der Waals surface area contributed by atoms with Gasteiger partial charge in [-0.05, 0) is 110 Å². The maximum Gasteiger partial charge on any atom is 0.338 e. The highest BCUT2D eigenvalue weighted by Gasteiger charge is 2.59. The van der Waals surface area contributed by atoms with Gasteiger partial charge in [0.05, 0.1) is 17.1 Å². The van der Waals surface area contributed by atoms with Crippen LogP contribution >= 0.6 is 0 Å². The fraction of sp³-hybridized carbons (Fsp3) is 0.795. The van der Waals surface area contributed by atoms with Crippen LogP contribution in [0.3, 0.4) is 0 Å². The highest BCUT2D eigenvalue weighted by atomic mass is 16.6. The summed E-state index contributed by atoms with van der Waals surface area (Å²) in [6.45, 7) is 15.1. The van der Waals surface area contributed by atoms with E-state index < -0.39 is 10.9 Å². The summed E-state index contributed by atoms with van der Waals surface area (Å²) in [5, 5.41) is 11.9. The maximum atomic E-state index is 13.3. The molecule has 50 heavy (non-hydrogen) atoms. The average Bonchev–Trinajstić information content (AvgIpc) is 3.44. The predicted octanol–water partition coefficient (Wildman–Crippen LogP) is 12.7. The Labute approximate surface area is 304 Å². The molecule has 1 aromatic carbocycles. The standard InChI is InChI=1S/C44H69NO5/c1-7-8-9-10-11-12-13-14-28-49-41-23-18-33(29-40(41)45(47)48)42(46)50-35-24-26-43(5)34(30-35)19-20-36-38-22-21-37(32(4)17-15-16-31(2)3)44(38,6)27-25-39(36)43/h18-19,23,29,31-32,35-39H,7-17,20-22,24-28,30H2,1-6H3/t32-,35+,36+,37-,38+,39+,43+,44-/m1/s1. The Kier molecular flexibility index (Phi) is 13.5. The number of rotatable bonds is 18. The molecule has 1 aromatic rings. The van der Waals surface area contributed by atoms with E-state index >= 15 is 0 Å². The van der Waals surface area contributed by atoms with Gasteiger partial charge in [0.2, 0.25) is 0 Å². The monoisotopic (exact) mass is 692 g/mol. The molecule has 8 atom stereocenters. The number of carbonyl (C=O) groups excluding carboxylic acids is 1. The van der Waals surface area contributed by atoms with Crippen LogP contribution in [0, 0.1) is 56.5 Å². The van der Waals surface area contributed by atoms with Crippen LogP contribution in [-0.4, -0.2) is 23.6 Å². The maximum absolute atomic E-state index is 13.3. The second-order valence-corrected chi connectivity index (χ2v) is 17.8. The number of benzene rings is 1. The zero-order chi connectivity index (χ0) is 35.9. The summed E-state index contributed by atoms with van der Waals surface area (Å²) in [6, 6.07) is 4.52. The molecule has 4 aliphatic rings. The first-order chi connectivity index (χ1) is 24.0. The van der Waals surface area contributed by atoms with Gasteiger partial charge in [0.25, 0.3) is 0 Å². The molecule has 4 aliphatic carbocycles. The van der Waals surface area contributed by atoms with Gasteiger partial charge < -0.3 is 9.47 Å². The number of nitro benzene ring substituents is 1. The van der Waals surface area contributed by atoms with Crippen molar-refractivity contribution < 1.29 is 19.2 Å². The van der Waals surface area contributed by atoms with Crippen LogP contribution in [0.2, 0.25) is 0 Å². The fourth-order valence-electron chi connectivity index (χ4n) is 11.3. The summed E-state index contributed by atoms with van der Waals surface area (Å²) in [5.41, 5.74) is 2.20. The number of fused-ring (bicyclic) bond motifs is 5. The number of nitrogens with zero attached hydrogens (tertiary/aromatic N) is 1. The lowest BCUT2D eigenvalue weighted by atomic mass is 9.47. The molecule has 0 aliphatic heterocycles. The van der Waals surface area contributed by atoms with E-state index in [1.807, 2.05) is 0 Å². The van der Waals surface area contributed by atoms with E-state index in [-0.39, 0.29) is 28.5 Å². The number of ether oxygens (including phenoxy) is 2. The quantitative estimate of drug-likeness (QED) is 0.0503. The number of allylic oxidation sites excluding steroid dienone is 1. The first kappa shape index (κ1) is 38.9. The summed E-state index contributed by atoms with van der Waals surface area (Å²) in [7, 11) is 0. The molecule has 0 saturated heterocycles. The van der Waals surface area contributed by atoms with E-state index in [2.05, 4.69) is 47.6 Å². The van der Waals surface area contributed by atoms with Crippen LogP contribution in [0.15, 0.2) is 29.8 Å². The average molecular weight is 692 g/mol. The van der Waals surface area contributed by atoms with Crippen molar-refractivity contribution in [3.8, 4) is 5.75 Å². The molecule has 0 unspecified atom stereocenters. The van der Waals surface area contributed by atoms with Gasteiger partial charge in [0.15, 0.2) is 5.75 Å². The lowest BCUT2D eigenvalue weighted by Gasteiger charge is -2.58. The molecule has 0 N–H and O–H groups in total. The third-order valence-electron chi connectivity index (χ3n) is 14.2. The lowest BCUT2D eigenvalue weighted by molar-refractivity contribution is -0.385. The van der Waals surface area contributed by atoms with Crippen molar-refractivity contribution in [2.75, 3.05) is 6.61 Å². The first-order valence-corrected chi connectivity index (χ1v) is 20.8. The zero-order valence-electron chi connectivity index (χ0n) is 32.5. The minimum atomic E-state index is -0.474. The highest BCUT2D eigenvalue weighted by molar-refractivity contribution is 5.90. The molecule has 3 saturated carbocycles. The molecule has 0 amide bonds. The molecule has 0 aromatic heterocycles. The Hall–Kier alpha value is -2.37. The molecule has 0 heterocycles. The SMILES string of the molecule is CCCCCCCCCCOc1ccc(C(=O)O[C@H]2CC[C@@]3(C)C(=CC[C@H]4[C@@H]5CC[C@H]([C@H](C)CCCC(C)C)[C@@]5(C)CC[C@@H]43)C2)cc1[N+](=O)[O-]. The van der Waals surface area contributed by atoms with Gasteiger partial charge in [0, 0.05) is 12.5 Å². The Bertz CT molecular complexity index is 1320. The first-order valence-electron chi connectivity index (χ1n) is 20.8. The third-order valence-corrected chi connectivity index (χ3v) is 14.2. The van der Waals surface area contributed by atoms with Crippen molar-refractivity contribution in [3.63, 3.8) is 0 Å². The minimum Gasteiger partial charge on any atom is -0.487 e. The van der Waals surface area contributed by atoms with Crippen LogP contribution < -0.4 is 4.74 Å². The molecule has 6 nitrogen and oxygen atoms in total. The summed E-state index contributed by atoms with van der Waals surface area (Å²) in [6.07, 6.45) is 25.2. The topological polar surface area (TPSA) is 78.7 Å². The Morgan fingerprint density at radius 3 is 2.38 bits per heavy atom. The van der Waals surface area contributed by atoms with Gasteiger partial charge in [-0.2, -0.15) is 0 Å².